The SMILES string of the molecule is N#C[C@@H]1C[C@H]2C[C@H]1[C@H]1O[C@@H]21. The molecule has 1 saturated heterocycles. The van der Waals surface area contributed by atoms with Gasteiger partial charge in [0.25, 0.3) is 0 Å². The molecule has 1 heterocycles. The number of nitrogens with zero attached hydrogens (tertiary/aromatic N) is 1. The van der Waals surface area contributed by atoms with Crippen molar-refractivity contribution in [2.75, 3.05) is 0 Å². The van der Waals surface area contributed by atoms with Gasteiger partial charge in [-0.15, -0.1) is 0 Å². The van der Waals surface area contributed by atoms with Crippen LogP contribution in [0.1, 0.15) is 12.8 Å². The van der Waals surface area contributed by atoms with E-state index in [0.717, 1.165) is 12.3 Å². The van der Waals surface area contributed by atoms with Crippen LogP contribution in [0.4, 0.5) is 0 Å². The Morgan fingerprint density at radius 2 is 2.20 bits per heavy atom. The molecule has 3 rings (SSSR count). The Labute approximate surface area is 59.8 Å². The summed E-state index contributed by atoms with van der Waals surface area (Å²) in [5.41, 5.74) is 0. The standard InChI is InChI=1S/C8H9NO/c9-3-5-1-4-2-6(5)8-7(4)10-8/h4-8H,1-2H2/t4-,5-,6+,7-,8+/m0/s1. The first-order valence-electron chi connectivity index (χ1n) is 3.95. The van der Waals surface area contributed by atoms with Crippen LogP contribution >= 0.6 is 0 Å². The zero-order chi connectivity index (χ0) is 6.72. The lowest BCUT2D eigenvalue weighted by atomic mass is 9.90. The zero-order valence-electron chi connectivity index (χ0n) is 5.66. The Bertz CT molecular complexity index is 220. The second-order valence-electron chi connectivity index (χ2n) is 3.70. The Hall–Kier alpha value is -0.550. The van der Waals surface area contributed by atoms with Gasteiger partial charge in [0.1, 0.15) is 0 Å². The van der Waals surface area contributed by atoms with Gasteiger partial charge in [-0.2, -0.15) is 5.26 Å². The van der Waals surface area contributed by atoms with Gasteiger partial charge in [-0.1, -0.05) is 0 Å². The van der Waals surface area contributed by atoms with Gasteiger partial charge in [-0.05, 0) is 18.8 Å². The number of epoxide rings is 1. The summed E-state index contributed by atoms with van der Waals surface area (Å²) in [6.45, 7) is 0. The Morgan fingerprint density at radius 1 is 1.30 bits per heavy atom. The molecule has 2 aliphatic carbocycles. The molecule has 1 aliphatic heterocycles. The molecule has 52 valence electrons. The highest BCUT2D eigenvalue weighted by Gasteiger charge is 2.63. The van der Waals surface area contributed by atoms with Gasteiger partial charge in [0.05, 0.1) is 24.2 Å². The topological polar surface area (TPSA) is 36.3 Å². The molecular weight excluding hydrogens is 126 g/mol. The minimum atomic E-state index is 0.328. The van der Waals surface area contributed by atoms with E-state index < -0.39 is 0 Å². The first-order chi connectivity index (χ1) is 4.90. The minimum Gasteiger partial charge on any atom is -0.369 e. The molecule has 2 heteroatoms. The van der Waals surface area contributed by atoms with Crippen LogP contribution in [0.3, 0.4) is 0 Å². The molecule has 10 heavy (non-hydrogen) atoms. The van der Waals surface area contributed by atoms with Crippen LogP contribution in [0, 0.1) is 29.1 Å². The van der Waals surface area contributed by atoms with Crippen LogP contribution in [-0.4, -0.2) is 12.2 Å². The lowest BCUT2D eigenvalue weighted by Gasteiger charge is -2.09. The van der Waals surface area contributed by atoms with Gasteiger partial charge >= 0.3 is 0 Å². The highest BCUT2D eigenvalue weighted by Crippen LogP contribution is 2.58. The third-order valence-corrected chi connectivity index (χ3v) is 3.26. The third-order valence-electron chi connectivity index (χ3n) is 3.26. The molecule has 3 aliphatic rings. The van der Waals surface area contributed by atoms with Crippen molar-refractivity contribution < 1.29 is 4.74 Å². The van der Waals surface area contributed by atoms with E-state index in [1.165, 1.54) is 6.42 Å². The highest BCUT2D eigenvalue weighted by atomic mass is 16.6. The number of nitriles is 1. The predicted molar refractivity (Wildman–Crippen MR) is 34.0 cm³/mol. The summed E-state index contributed by atoms with van der Waals surface area (Å²) in [5.74, 6) is 1.69. The minimum absolute atomic E-state index is 0.328. The van der Waals surface area contributed by atoms with Gasteiger partial charge < -0.3 is 4.74 Å². The summed E-state index contributed by atoms with van der Waals surface area (Å²) >= 11 is 0. The largest absolute Gasteiger partial charge is 0.369 e. The normalized spacial score (nSPS) is 61.7. The number of hydrogen-bond donors (Lipinski definition) is 0. The van der Waals surface area contributed by atoms with E-state index in [1.54, 1.807) is 0 Å². The van der Waals surface area contributed by atoms with Crippen molar-refractivity contribution >= 4 is 0 Å². The van der Waals surface area contributed by atoms with E-state index in [2.05, 4.69) is 6.07 Å². The average Bonchev–Trinajstić information content (AvgIpc) is 2.58. The van der Waals surface area contributed by atoms with Crippen LogP contribution in [0.2, 0.25) is 0 Å². The van der Waals surface area contributed by atoms with Crippen molar-refractivity contribution in [3.8, 4) is 6.07 Å². The monoisotopic (exact) mass is 135 g/mol. The van der Waals surface area contributed by atoms with Crippen LogP contribution < -0.4 is 0 Å². The summed E-state index contributed by atoms with van der Waals surface area (Å²) in [5, 5.41) is 8.72. The molecule has 2 bridgehead atoms. The molecular formula is C8H9NO. The number of ether oxygens (including phenoxy) is 1. The molecule has 0 aromatic rings. The summed E-state index contributed by atoms with van der Waals surface area (Å²) in [7, 11) is 0. The number of hydrogen-bond acceptors (Lipinski definition) is 2. The zero-order valence-corrected chi connectivity index (χ0v) is 5.66. The van der Waals surface area contributed by atoms with Crippen molar-refractivity contribution in [1.82, 2.24) is 0 Å². The van der Waals surface area contributed by atoms with Crippen molar-refractivity contribution in [3.63, 3.8) is 0 Å². The number of fused-ring (bicyclic) bond motifs is 5. The van der Waals surface area contributed by atoms with Gasteiger partial charge in [0, 0.05) is 5.92 Å². The molecule has 0 radical (unpaired) electrons. The second-order valence-corrected chi connectivity index (χ2v) is 3.70. The smallest absolute Gasteiger partial charge is 0.0885 e. The van der Waals surface area contributed by atoms with Crippen molar-refractivity contribution in [3.05, 3.63) is 0 Å². The van der Waals surface area contributed by atoms with Crippen LogP contribution in [-0.2, 0) is 4.74 Å². The summed E-state index contributed by atoms with van der Waals surface area (Å²) < 4.78 is 5.42. The van der Waals surface area contributed by atoms with E-state index in [-0.39, 0.29) is 0 Å². The van der Waals surface area contributed by atoms with Gasteiger partial charge in [0.15, 0.2) is 0 Å². The van der Waals surface area contributed by atoms with Crippen molar-refractivity contribution in [2.24, 2.45) is 17.8 Å². The van der Waals surface area contributed by atoms with Crippen LogP contribution in [0.5, 0.6) is 0 Å². The maximum atomic E-state index is 8.72. The Balaban J connectivity index is 1.93. The lowest BCUT2D eigenvalue weighted by Crippen LogP contribution is -2.15. The van der Waals surface area contributed by atoms with Crippen molar-refractivity contribution in [2.45, 2.75) is 25.0 Å². The summed E-state index contributed by atoms with van der Waals surface area (Å²) in [4.78, 5) is 0. The number of rotatable bonds is 0. The van der Waals surface area contributed by atoms with Crippen LogP contribution in [0.25, 0.3) is 0 Å². The molecule has 3 fully saturated rings. The van der Waals surface area contributed by atoms with Gasteiger partial charge in [-0.3, -0.25) is 0 Å². The lowest BCUT2D eigenvalue weighted by molar-refractivity contribution is 0.259. The quantitative estimate of drug-likeness (QED) is 0.463. The fourth-order valence-corrected chi connectivity index (χ4v) is 2.75. The fourth-order valence-electron chi connectivity index (χ4n) is 2.75. The molecule has 5 atom stereocenters. The molecule has 0 unspecified atom stereocenters. The average molecular weight is 135 g/mol. The van der Waals surface area contributed by atoms with E-state index in [9.17, 15) is 0 Å². The molecule has 2 nitrogen and oxygen atoms in total. The van der Waals surface area contributed by atoms with Gasteiger partial charge in [-0.25, -0.2) is 0 Å². The van der Waals surface area contributed by atoms with E-state index >= 15 is 0 Å². The van der Waals surface area contributed by atoms with Crippen LogP contribution in [0.15, 0.2) is 0 Å². The molecule has 0 amide bonds. The molecule has 2 saturated carbocycles. The summed E-state index contributed by atoms with van der Waals surface area (Å²) in [6.07, 6.45) is 3.47. The predicted octanol–water partition coefficient (Wildman–Crippen LogP) is 0.933. The maximum Gasteiger partial charge on any atom is 0.0885 e. The second kappa shape index (κ2) is 1.38. The van der Waals surface area contributed by atoms with Gasteiger partial charge in [0.2, 0.25) is 0 Å². The Kier molecular flexibility index (Phi) is 0.709. The first kappa shape index (κ1) is 5.15. The molecule has 0 aromatic heterocycles. The molecule has 0 spiro atoms. The summed E-state index contributed by atoms with van der Waals surface area (Å²) in [6, 6.07) is 2.37. The Morgan fingerprint density at radius 3 is 2.80 bits per heavy atom. The molecule has 0 N–H and O–H groups in total. The third kappa shape index (κ3) is 0.411. The molecule has 0 aromatic carbocycles. The first-order valence-corrected chi connectivity index (χ1v) is 3.95. The maximum absolute atomic E-state index is 8.72. The van der Waals surface area contributed by atoms with E-state index in [1.807, 2.05) is 0 Å². The van der Waals surface area contributed by atoms with E-state index in [0.29, 0.717) is 24.0 Å². The van der Waals surface area contributed by atoms with Crippen molar-refractivity contribution in [1.29, 1.82) is 5.26 Å². The van der Waals surface area contributed by atoms with E-state index in [4.69, 9.17) is 10.00 Å². The highest BCUT2D eigenvalue weighted by molar-refractivity contribution is 5.14. The fraction of sp³-hybridized carbons (Fsp3) is 0.875.